The van der Waals surface area contributed by atoms with Gasteiger partial charge in [0, 0.05) is 0 Å². The summed E-state index contributed by atoms with van der Waals surface area (Å²) >= 11 is 0. The fourth-order valence-corrected chi connectivity index (χ4v) is 1.22. The number of aliphatic carboxylic acids is 1. The molecular formula is C13H16O5. The monoisotopic (exact) mass is 252 g/mol. The van der Waals surface area contributed by atoms with Gasteiger partial charge in [-0.3, -0.25) is 0 Å². The normalized spacial score (nSPS) is 11.4. The van der Waals surface area contributed by atoms with E-state index in [9.17, 15) is 4.79 Å². The second-order valence-corrected chi connectivity index (χ2v) is 3.20. The summed E-state index contributed by atoms with van der Waals surface area (Å²) < 4.78 is 15.6. The van der Waals surface area contributed by atoms with Gasteiger partial charge in [0.1, 0.15) is 5.75 Å². The number of para-hydroxylation sites is 1. The van der Waals surface area contributed by atoms with Gasteiger partial charge in [0.15, 0.2) is 0 Å². The van der Waals surface area contributed by atoms with Crippen LogP contribution >= 0.6 is 0 Å². The average Bonchev–Trinajstić information content (AvgIpc) is 2.36. The van der Waals surface area contributed by atoms with E-state index in [2.05, 4.69) is 0 Å². The Kier molecular flexibility index (Phi) is 5.57. The highest BCUT2D eigenvalue weighted by molar-refractivity contribution is 5.84. The molecule has 18 heavy (non-hydrogen) atoms. The first kappa shape index (κ1) is 13.9. The molecule has 0 aliphatic heterocycles. The Morgan fingerprint density at radius 2 is 1.72 bits per heavy atom. The predicted octanol–water partition coefficient (Wildman–Crippen LogP) is 2.39. The predicted molar refractivity (Wildman–Crippen MR) is 65.0 cm³/mol. The number of hydrogen-bond donors (Lipinski definition) is 1. The molecule has 0 atom stereocenters. The molecule has 1 rings (SSSR count). The van der Waals surface area contributed by atoms with Gasteiger partial charge in [-0.2, -0.15) is 0 Å². The summed E-state index contributed by atoms with van der Waals surface area (Å²) in [6, 6.07) is 8.78. The molecule has 0 bridgehead atoms. The lowest BCUT2D eigenvalue weighted by atomic mass is 10.3. The molecular weight excluding hydrogens is 236 g/mol. The van der Waals surface area contributed by atoms with Crippen molar-refractivity contribution in [3.05, 3.63) is 42.0 Å². The summed E-state index contributed by atoms with van der Waals surface area (Å²) in [6.45, 7) is 3.93. The number of benzene rings is 1. The number of hydrogen-bond acceptors (Lipinski definition) is 4. The van der Waals surface area contributed by atoms with Crippen molar-refractivity contribution in [2.75, 3.05) is 13.2 Å². The molecule has 0 spiro atoms. The zero-order valence-corrected chi connectivity index (χ0v) is 10.4. The molecule has 0 aliphatic carbocycles. The van der Waals surface area contributed by atoms with Gasteiger partial charge in [-0.15, -0.1) is 0 Å². The maximum Gasteiger partial charge on any atom is 0.378 e. The smallest absolute Gasteiger partial charge is 0.378 e. The molecule has 5 heteroatoms. The van der Waals surface area contributed by atoms with Crippen LogP contribution < -0.4 is 4.74 Å². The molecule has 0 aliphatic rings. The van der Waals surface area contributed by atoms with E-state index in [4.69, 9.17) is 19.3 Å². The highest BCUT2D eigenvalue weighted by Gasteiger charge is 2.20. The molecule has 1 aromatic carbocycles. The molecule has 0 amide bonds. The fourth-order valence-electron chi connectivity index (χ4n) is 1.22. The van der Waals surface area contributed by atoms with Crippen molar-refractivity contribution in [2.24, 2.45) is 0 Å². The molecule has 0 saturated heterocycles. The van der Waals surface area contributed by atoms with Gasteiger partial charge in [-0.25, -0.2) is 4.79 Å². The van der Waals surface area contributed by atoms with Crippen molar-refractivity contribution in [2.45, 2.75) is 13.8 Å². The molecule has 0 radical (unpaired) electrons. The van der Waals surface area contributed by atoms with E-state index in [0.29, 0.717) is 5.75 Å². The molecule has 0 fully saturated rings. The first-order valence-electron chi connectivity index (χ1n) is 5.65. The lowest BCUT2D eigenvalue weighted by Gasteiger charge is -2.13. The van der Waals surface area contributed by atoms with Crippen LogP contribution in [-0.4, -0.2) is 24.3 Å². The minimum Gasteiger partial charge on any atom is -0.482 e. The summed E-state index contributed by atoms with van der Waals surface area (Å²) in [4.78, 5) is 11.1. The molecule has 98 valence electrons. The third kappa shape index (κ3) is 4.01. The Bertz CT molecular complexity index is 411. The number of rotatable bonds is 7. The molecule has 0 heterocycles. The van der Waals surface area contributed by atoms with Crippen LogP contribution in [0.15, 0.2) is 42.0 Å². The summed E-state index contributed by atoms with van der Waals surface area (Å²) in [7, 11) is 0. The minimum atomic E-state index is -1.23. The molecule has 1 aromatic rings. The molecule has 0 aromatic heterocycles. The number of carboxylic acids is 1. The van der Waals surface area contributed by atoms with Crippen LogP contribution in [0.1, 0.15) is 13.8 Å². The van der Waals surface area contributed by atoms with Gasteiger partial charge in [0.2, 0.25) is 0 Å². The third-order valence-electron chi connectivity index (χ3n) is 1.90. The van der Waals surface area contributed by atoms with Crippen LogP contribution in [-0.2, 0) is 14.3 Å². The highest BCUT2D eigenvalue weighted by atomic mass is 16.7. The van der Waals surface area contributed by atoms with E-state index in [-0.39, 0.29) is 24.9 Å². The largest absolute Gasteiger partial charge is 0.482 e. The van der Waals surface area contributed by atoms with Crippen LogP contribution in [0.3, 0.4) is 0 Å². The topological polar surface area (TPSA) is 65.0 Å². The Hall–Kier alpha value is -2.17. The van der Waals surface area contributed by atoms with E-state index in [1.807, 2.05) is 6.07 Å². The van der Waals surface area contributed by atoms with E-state index >= 15 is 0 Å². The Labute approximate surface area is 106 Å². The maximum absolute atomic E-state index is 11.1. The molecule has 0 saturated carbocycles. The van der Waals surface area contributed by atoms with Crippen molar-refractivity contribution in [1.29, 1.82) is 0 Å². The van der Waals surface area contributed by atoms with Gasteiger partial charge in [0.25, 0.3) is 5.76 Å². The van der Waals surface area contributed by atoms with E-state index in [0.717, 1.165) is 0 Å². The Morgan fingerprint density at radius 1 is 1.11 bits per heavy atom. The Balaban J connectivity index is 2.99. The highest BCUT2D eigenvalue weighted by Crippen LogP contribution is 2.17. The van der Waals surface area contributed by atoms with Gasteiger partial charge in [-0.05, 0) is 26.0 Å². The van der Waals surface area contributed by atoms with Crippen molar-refractivity contribution >= 4 is 5.97 Å². The van der Waals surface area contributed by atoms with Crippen molar-refractivity contribution in [1.82, 2.24) is 0 Å². The average molecular weight is 252 g/mol. The maximum atomic E-state index is 11.1. The summed E-state index contributed by atoms with van der Waals surface area (Å²) in [6.07, 6.45) is 0. The lowest BCUT2D eigenvalue weighted by molar-refractivity contribution is -0.137. The zero-order chi connectivity index (χ0) is 13.4. The Morgan fingerprint density at radius 3 is 2.22 bits per heavy atom. The van der Waals surface area contributed by atoms with Gasteiger partial charge < -0.3 is 19.3 Å². The van der Waals surface area contributed by atoms with Crippen LogP contribution in [0.2, 0.25) is 0 Å². The first-order valence-corrected chi connectivity index (χ1v) is 5.65. The standard InChI is InChI=1S/C13H16O5/c1-3-16-11(12(14)15)13(17-4-2)18-10-8-6-5-7-9-10/h5-9H,3-4H2,1-2H3,(H,14,15). The van der Waals surface area contributed by atoms with Crippen LogP contribution in [0.25, 0.3) is 0 Å². The zero-order valence-electron chi connectivity index (χ0n) is 10.4. The number of ether oxygens (including phenoxy) is 3. The molecule has 1 N–H and O–H groups in total. The number of carbonyl (C=O) groups is 1. The minimum absolute atomic E-state index is 0.141. The SMILES string of the molecule is CCOC(Oc1ccccc1)=C(OCC)C(=O)O. The van der Waals surface area contributed by atoms with Gasteiger partial charge in [0.05, 0.1) is 13.2 Å². The fraction of sp³-hybridized carbons (Fsp3) is 0.308. The van der Waals surface area contributed by atoms with E-state index in [1.165, 1.54) is 0 Å². The van der Waals surface area contributed by atoms with Crippen LogP contribution in [0.4, 0.5) is 0 Å². The second kappa shape index (κ2) is 7.21. The van der Waals surface area contributed by atoms with E-state index in [1.54, 1.807) is 38.1 Å². The van der Waals surface area contributed by atoms with Gasteiger partial charge in [-0.1, -0.05) is 18.2 Å². The lowest BCUT2D eigenvalue weighted by Crippen LogP contribution is -2.14. The second-order valence-electron chi connectivity index (χ2n) is 3.20. The molecule has 5 nitrogen and oxygen atoms in total. The number of carboxylic acid groups (broad SMARTS) is 1. The van der Waals surface area contributed by atoms with Crippen LogP contribution in [0.5, 0.6) is 5.75 Å². The van der Waals surface area contributed by atoms with Crippen molar-refractivity contribution in [3.63, 3.8) is 0 Å². The van der Waals surface area contributed by atoms with Gasteiger partial charge >= 0.3 is 11.9 Å². The summed E-state index contributed by atoms with van der Waals surface area (Å²) in [5, 5.41) is 9.04. The summed E-state index contributed by atoms with van der Waals surface area (Å²) in [5.74, 6) is -1.21. The molecule has 0 unspecified atom stereocenters. The first-order chi connectivity index (χ1) is 8.69. The summed E-state index contributed by atoms with van der Waals surface area (Å²) in [5.41, 5.74) is 0. The van der Waals surface area contributed by atoms with Crippen molar-refractivity contribution < 1.29 is 24.1 Å². The quantitative estimate of drug-likeness (QED) is 0.596. The van der Waals surface area contributed by atoms with E-state index < -0.39 is 5.97 Å². The van der Waals surface area contributed by atoms with Crippen molar-refractivity contribution in [3.8, 4) is 5.75 Å². The van der Waals surface area contributed by atoms with Crippen LogP contribution in [0, 0.1) is 0 Å². The third-order valence-corrected chi connectivity index (χ3v) is 1.90.